The van der Waals surface area contributed by atoms with E-state index in [9.17, 15) is 0 Å². The SMILES string of the molecule is CCCCCCCC[N+](C)(CCCCBr)CCCCCCC.[I-]. The second-order valence-corrected chi connectivity index (χ2v) is 8.16. The maximum absolute atomic E-state index is 3.58. The number of nitrogens with zero attached hydrogens (tertiary/aromatic N) is 1. The van der Waals surface area contributed by atoms with Crippen molar-refractivity contribution in [3.8, 4) is 0 Å². The van der Waals surface area contributed by atoms with Gasteiger partial charge >= 0.3 is 0 Å². The molecule has 0 fully saturated rings. The maximum Gasteiger partial charge on any atom is 0.0784 e. The summed E-state index contributed by atoms with van der Waals surface area (Å²) in [6.07, 6.45) is 18.4. The quantitative estimate of drug-likeness (QED) is 0.122. The van der Waals surface area contributed by atoms with Crippen molar-refractivity contribution in [1.82, 2.24) is 0 Å². The van der Waals surface area contributed by atoms with Crippen LogP contribution in [-0.2, 0) is 0 Å². The summed E-state index contributed by atoms with van der Waals surface area (Å²) in [5.74, 6) is 0. The van der Waals surface area contributed by atoms with Gasteiger partial charge in [0.15, 0.2) is 0 Å². The van der Waals surface area contributed by atoms with Gasteiger partial charge in [0.25, 0.3) is 0 Å². The Morgan fingerprint density at radius 2 is 0.913 bits per heavy atom. The summed E-state index contributed by atoms with van der Waals surface area (Å²) in [5, 5.41) is 1.17. The van der Waals surface area contributed by atoms with Gasteiger partial charge in [0.1, 0.15) is 0 Å². The molecule has 0 heterocycles. The van der Waals surface area contributed by atoms with E-state index in [4.69, 9.17) is 0 Å². The van der Waals surface area contributed by atoms with Crippen molar-refractivity contribution in [1.29, 1.82) is 0 Å². The molecule has 23 heavy (non-hydrogen) atoms. The van der Waals surface area contributed by atoms with Crippen LogP contribution in [0.15, 0.2) is 0 Å². The zero-order valence-electron chi connectivity index (χ0n) is 16.2. The molecule has 0 aromatic rings. The molecule has 0 aromatic heterocycles. The van der Waals surface area contributed by atoms with E-state index in [0.717, 1.165) is 0 Å². The van der Waals surface area contributed by atoms with Gasteiger partial charge in [-0.2, -0.15) is 0 Å². The van der Waals surface area contributed by atoms with E-state index in [-0.39, 0.29) is 24.0 Å². The van der Waals surface area contributed by atoms with Crippen LogP contribution in [-0.4, -0.2) is 36.5 Å². The topological polar surface area (TPSA) is 0 Å². The Morgan fingerprint density at radius 1 is 0.565 bits per heavy atom. The number of rotatable bonds is 17. The van der Waals surface area contributed by atoms with Gasteiger partial charge in [-0.3, -0.25) is 0 Å². The first kappa shape index (κ1) is 26.4. The predicted molar refractivity (Wildman–Crippen MR) is 106 cm³/mol. The summed E-state index contributed by atoms with van der Waals surface area (Å²) in [5.41, 5.74) is 0. The lowest BCUT2D eigenvalue weighted by atomic mass is 10.1. The first-order valence-electron chi connectivity index (χ1n) is 10.1. The zero-order valence-corrected chi connectivity index (χ0v) is 20.0. The van der Waals surface area contributed by atoms with Gasteiger partial charge in [0.05, 0.1) is 26.7 Å². The highest BCUT2D eigenvalue weighted by Gasteiger charge is 2.19. The average molecular weight is 504 g/mol. The molecule has 0 aliphatic heterocycles. The Kier molecular flexibility index (Phi) is 22.4. The summed E-state index contributed by atoms with van der Waals surface area (Å²) in [6.45, 7) is 8.80. The van der Waals surface area contributed by atoms with Crippen LogP contribution in [0.5, 0.6) is 0 Å². The van der Waals surface area contributed by atoms with Crippen molar-refractivity contribution in [3.05, 3.63) is 0 Å². The molecule has 1 unspecified atom stereocenters. The highest BCUT2D eigenvalue weighted by atomic mass is 127. The van der Waals surface area contributed by atoms with Crippen molar-refractivity contribution >= 4 is 15.9 Å². The number of quaternary nitrogens is 1. The molecule has 1 atom stereocenters. The average Bonchev–Trinajstić information content (AvgIpc) is 2.51. The molecular weight excluding hydrogens is 461 g/mol. The Hall–Kier alpha value is 1.17. The lowest BCUT2D eigenvalue weighted by Gasteiger charge is -2.35. The second kappa shape index (κ2) is 19.5. The van der Waals surface area contributed by atoms with Gasteiger partial charge < -0.3 is 28.5 Å². The molecule has 0 aromatic carbocycles. The minimum Gasteiger partial charge on any atom is -1.00 e. The fourth-order valence-corrected chi connectivity index (χ4v) is 3.69. The van der Waals surface area contributed by atoms with E-state index in [0.29, 0.717) is 0 Å². The Bertz CT molecular complexity index is 226. The number of hydrogen-bond acceptors (Lipinski definition) is 0. The van der Waals surface area contributed by atoms with Crippen molar-refractivity contribution in [3.63, 3.8) is 0 Å². The molecule has 0 radical (unpaired) electrons. The van der Waals surface area contributed by atoms with Crippen LogP contribution in [0, 0.1) is 0 Å². The van der Waals surface area contributed by atoms with Gasteiger partial charge in [-0.25, -0.2) is 0 Å². The molecule has 0 saturated heterocycles. The molecule has 0 rings (SSSR count). The molecule has 0 spiro atoms. The molecule has 0 N–H and O–H groups in total. The second-order valence-electron chi connectivity index (χ2n) is 7.37. The first-order valence-corrected chi connectivity index (χ1v) is 11.2. The van der Waals surface area contributed by atoms with Crippen LogP contribution < -0.4 is 24.0 Å². The fourth-order valence-electron chi connectivity index (χ4n) is 3.29. The molecule has 1 nitrogen and oxygen atoms in total. The standard InChI is InChI=1S/C20H43BrN.HI/c1-4-6-8-10-12-15-19-22(3,20-16-13-17-21)18-14-11-9-7-5-2;/h4-20H2,1-3H3;1H/q+1;/p-1. The zero-order chi connectivity index (χ0) is 16.5. The van der Waals surface area contributed by atoms with Crippen LogP contribution in [0.4, 0.5) is 0 Å². The lowest BCUT2D eigenvalue weighted by Crippen LogP contribution is -3.00. The minimum absolute atomic E-state index is 0. The van der Waals surface area contributed by atoms with Crippen LogP contribution >= 0.6 is 15.9 Å². The van der Waals surface area contributed by atoms with Crippen molar-refractivity contribution in [2.75, 3.05) is 32.0 Å². The van der Waals surface area contributed by atoms with Gasteiger partial charge in [-0.05, 0) is 38.5 Å². The van der Waals surface area contributed by atoms with Crippen molar-refractivity contribution in [2.45, 2.75) is 97.3 Å². The van der Waals surface area contributed by atoms with Crippen LogP contribution in [0.2, 0.25) is 0 Å². The molecule has 0 aliphatic rings. The summed E-state index contributed by atoms with van der Waals surface area (Å²) in [7, 11) is 2.51. The van der Waals surface area contributed by atoms with E-state index in [1.165, 1.54) is 113 Å². The van der Waals surface area contributed by atoms with E-state index in [1.807, 2.05) is 0 Å². The third-order valence-electron chi connectivity index (χ3n) is 4.93. The largest absolute Gasteiger partial charge is 1.00 e. The maximum atomic E-state index is 3.58. The van der Waals surface area contributed by atoms with E-state index in [2.05, 4.69) is 36.8 Å². The van der Waals surface area contributed by atoms with Gasteiger partial charge in [-0.15, -0.1) is 0 Å². The van der Waals surface area contributed by atoms with E-state index >= 15 is 0 Å². The Morgan fingerprint density at radius 3 is 1.30 bits per heavy atom. The van der Waals surface area contributed by atoms with Crippen molar-refractivity contribution < 1.29 is 28.5 Å². The Balaban J connectivity index is 0. The van der Waals surface area contributed by atoms with Gasteiger partial charge in [0.2, 0.25) is 0 Å². The van der Waals surface area contributed by atoms with Gasteiger partial charge in [0, 0.05) is 5.33 Å². The molecule has 3 heteroatoms. The van der Waals surface area contributed by atoms with Crippen LogP contribution in [0.25, 0.3) is 0 Å². The highest BCUT2D eigenvalue weighted by Crippen LogP contribution is 2.15. The molecule has 0 amide bonds. The number of alkyl halides is 1. The Labute approximate surface area is 173 Å². The summed E-state index contributed by atoms with van der Waals surface area (Å²) in [6, 6.07) is 0. The summed E-state index contributed by atoms with van der Waals surface area (Å²) in [4.78, 5) is 0. The minimum atomic E-state index is 0. The smallest absolute Gasteiger partial charge is 0.0784 e. The third-order valence-corrected chi connectivity index (χ3v) is 5.50. The van der Waals surface area contributed by atoms with Crippen LogP contribution in [0.1, 0.15) is 97.3 Å². The highest BCUT2D eigenvalue weighted by molar-refractivity contribution is 9.09. The normalized spacial score (nSPS) is 13.6. The third kappa shape index (κ3) is 17.8. The molecule has 0 aliphatic carbocycles. The number of halogens is 2. The molecule has 0 bridgehead atoms. The van der Waals surface area contributed by atoms with Crippen molar-refractivity contribution in [2.24, 2.45) is 0 Å². The first-order chi connectivity index (χ1) is 10.7. The predicted octanol–water partition coefficient (Wildman–Crippen LogP) is 3.94. The summed E-state index contributed by atoms with van der Waals surface area (Å²) >= 11 is 3.58. The fraction of sp³-hybridized carbons (Fsp3) is 1.00. The summed E-state index contributed by atoms with van der Waals surface area (Å²) < 4.78 is 1.33. The number of unbranched alkanes of at least 4 members (excludes halogenated alkanes) is 10. The monoisotopic (exact) mass is 503 g/mol. The molecule has 0 saturated carbocycles. The van der Waals surface area contributed by atoms with E-state index in [1.54, 1.807) is 0 Å². The number of hydrogen-bond donors (Lipinski definition) is 0. The van der Waals surface area contributed by atoms with Gasteiger partial charge in [-0.1, -0.05) is 74.7 Å². The van der Waals surface area contributed by atoms with E-state index < -0.39 is 0 Å². The molecular formula is C20H43BrIN. The lowest BCUT2D eigenvalue weighted by molar-refractivity contribution is -0.910. The van der Waals surface area contributed by atoms with Crippen LogP contribution in [0.3, 0.4) is 0 Å². The molecule has 142 valence electrons.